The van der Waals surface area contributed by atoms with Gasteiger partial charge in [0.1, 0.15) is 12.6 Å². The number of benzene rings is 2. The average molecular weight is 421 g/mol. The van der Waals surface area contributed by atoms with Crippen LogP contribution < -0.4 is 9.21 Å². The lowest BCUT2D eigenvalue weighted by Gasteiger charge is -2.27. The number of quaternary nitrogens is 1. The normalized spacial score (nSPS) is 15.9. The number of nitro benzene ring substituents is 1. The summed E-state index contributed by atoms with van der Waals surface area (Å²) in [5, 5.41) is 21.8. The van der Waals surface area contributed by atoms with E-state index in [4.69, 9.17) is 0 Å². The van der Waals surface area contributed by atoms with Crippen molar-refractivity contribution >= 4 is 21.4 Å². The summed E-state index contributed by atoms with van der Waals surface area (Å²) >= 11 is 0. The van der Waals surface area contributed by atoms with Crippen LogP contribution in [0.3, 0.4) is 0 Å². The van der Waals surface area contributed by atoms with Crippen LogP contribution in [0.2, 0.25) is 0 Å². The standard InChI is InChI=1S/C20H25N3O5S/c1-16-7-9-20(10-8-16)29(27,28)22(15-19(24)14-21-11-2-3-12-21)17-5-4-6-18(13-17)23(25)26/h4-10,13,19,24H,2-3,11-12,14-15H2,1H3/p+1/t19-/m0/s1. The summed E-state index contributed by atoms with van der Waals surface area (Å²) in [4.78, 5) is 11.9. The molecule has 9 heteroatoms. The monoisotopic (exact) mass is 420 g/mol. The molecule has 2 aromatic carbocycles. The van der Waals surface area contributed by atoms with Gasteiger partial charge in [-0.25, -0.2) is 8.42 Å². The highest BCUT2D eigenvalue weighted by Crippen LogP contribution is 2.27. The van der Waals surface area contributed by atoms with Crippen LogP contribution in [0.15, 0.2) is 53.4 Å². The van der Waals surface area contributed by atoms with Crippen LogP contribution in [0.4, 0.5) is 11.4 Å². The Bertz CT molecular complexity index is 956. The van der Waals surface area contributed by atoms with Gasteiger partial charge in [-0.15, -0.1) is 0 Å². The van der Waals surface area contributed by atoms with Gasteiger partial charge in [0.05, 0.1) is 35.1 Å². The van der Waals surface area contributed by atoms with Crippen molar-refractivity contribution in [3.8, 4) is 0 Å². The number of non-ortho nitro benzene ring substituents is 1. The lowest BCUT2D eigenvalue weighted by atomic mass is 10.2. The summed E-state index contributed by atoms with van der Waals surface area (Å²) in [6.45, 7) is 4.05. The van der Waals surface area contributed by atoms with Crippen molar-refractivity contribution in [2.45, 2.75) is 30.8 Å². The molecular formula is C20H26N3O5S+. The molecule has 1 fully saturated rings. The Labute approximate surface area is 170 Å². The van der Waals surface area contributed by atoms with E-state index in [1.807, 2.05) is 6.92 Å². The fraction of sp³-hybridized carbons (Fsp3) is 0.400. The molecule has 0 saturated carbocycles. The SMILES string of the molecule is Cc1ccc(S(=O)(=O)N(C[C@@H](O)C[NH+]2CCCC2)c2cccc([N+](=O)[O-])c2)cc1. The Morgan fingerprint density at radius 1 is 1.17 bits per heavy atom. The van der Waals surface area contributed by atoms with Crippen LogP contribution in [0.5, 0.6) is 0 Å². The third-order valence-electron chi connectivity index (χ3n) is 5.15. The number of aliphatic hydroxyl groups excluding tert-OH is 1. The molecule has 3 rings (SSSR count). The highest BCUT2D eigenvalue weighted by molar-refractivity contribution is 7.92. The van der Waals surface area contributed by atoms with E-state index in [1.165, 1.54) is 41.3 Å². The Kier molecular flexibility index (Phi) is 6.51. The van der Waals surface area contributed by atoms with E-state index in [2.05, 4.69) is 0 Å². The van der Waals surface area contributed by atoms with Gasteiger partial charge < -0.3 is 10.0 Å². The number of nitrogens with zero attached hydrogens (tertiary/aromatic N) is 2. The molecule has 0 spiro atoms. The van der Waals surface area contributed by atoms with Gasteiger partial charge in [-0.05, 0) is 25.1 Å². The topological polar surface area (TPSA) is 105 Å². The minimum absolute atomic E-state index is 0.0790. The van der Waals surface area contributed by atoms with Crippen molar-refractivity contribution in [3.05, 3.63) is 64.2 Å². The zero-order valence-corrected chi connectivity index (χ0v) is 17.1. The molecule has 156 valence electrons. The van der Waals surface area contributed by atoms with Gasteiger partial charge in [0.25, 0.3) is 15.7 Å². The maximum absolute atomic E-state index is 13.3. The number of hydrogen-bond acceptors (Lipinski definition) is 5. The van der Waals surface area contributed by atoms with Gasteiger partial charge in [-0.2, -0.15) is 0 Å². The molecule has 0 unspecified atom stereocenters. The molecule has 0 amide bonds. The second kappa shape index (κ2) is 8.89. The van der Waals surface area contributed by atoms with Crippen LogP contribution in [0.1, 0.15) is 18.4 Å². The van der Waals surface area contributed by atoms with E-state index in [-0.39, 0.29) is 22.8 Å². The fourth-order valence-corrected chi connectivity index (χ4v) is 5.10. The lowest BCUT2D eigenvalue weighted by molar-refractivity contribution is -0.890. The Balaban J connectivity index is 1.95. The smallest absolute Gasteiger partial charge is 0.271 e. The number of likely N-dealkylation sites (tertiary alicyclic amines) is 1. The molecule has 1 aliphatic heterocycles. The minimum atomic E-state index is -4.00. The van der Waals surface area contributed by atoms with Crippen LogP contribution in [0.25, 0.3) is 0 Å². The molecular weight excluding hydrogens is 394 g/mol. The van der Waals surface area contributed by atoms with Gasteiger partial charge in [0.2, 0.25) is 0 Å². The van der Waals surface area contributed by atoms with E-state index in [0.717, 1.165) is 35.8 Å². The van der Waals surface area contributed by atoms with Crippen molar-refractivity contribution in [1.82, 2.24) is 0 Å². The maximum atomic E-state index is 13.3. The summed E-state index contributed by atoms with van der Waals surface area (Å²) in [5.41, 5.74) is 0.880. The molecule has 0 radical (unpaired) electrons. The van der Waals surface area contributed by atoms with E-state index >= 15 is 0 Å². The number of nitrogens with one attached hydrogen (secondary N) is 1. The van der Waals surface area contributed by atoms with Gasteiger partial charge >= 0.3 is 0 Å². The molecule has 1 atom stereocenters. The molecule has 2 N–H and O–H groups in total. The third-order valence-corrected chi connectivity index (χ3v) is 6.96. The summed E-state index contributed by atoms with van der Waals surface area (Å²) in [7, 11) is -4.00. The van der Waals surface area contributed by atoms with E-state index in [1.54, 1.807) is 12.1 Å². The molecule has 29 heavy (non-hydrogen) atoms. The van der Waals surface area contributed by atoms with Crippen LogP contribution >= 0.6 is 0 Å². The third kappa shape index (κ3) is 5.11. The number of nitro groups is 1. The number of hydrogen-bond donors (Lipinski definition) is 2. The van der Waals surface area contributed by atoms with E-state index < -0.39 is 21.1 Å². The van der Waals surface area contributed by atoms with Crippen molar-refractivity contribution in [2.75, 3.05) is 30.5 Å². The Morgan fingerprint density at radius 2 is 1.83 bits per heavy atom. The van der Waals surface area contributed by atoms with E-state index in [9.17, 15) is 23.6 Å². The molecule has 1 saturated heterocycles. The molecule has 1 aliphatic rings. The second-order valence-corrected chi connectivity index (χ2v) is 9.30. The summed E-state index contributed by atoms with van der Waals surface area (Å²) in [6, 6.07) is 11.9. The first kappa shape index (κ1) is 21.2. The van der Waals surface area contributed by atoms with Crippen LogP contribution in [0, 0.1) is 17.0 Å². The highest BCUT2D eigenvalue weighted by atomic mass is 32.2. The van der Waals surface area contributed by atoms with Crippen LogP contribution in [-0.2, 0) is 10.0 Å². The molecule has 2 aromatic rings. The quantitative estimate of drug-likeness (QED) is 0.492. The molecule has 1 heterocycles. The van der Waals surface area contributed by atoms with Gasteiger partial charge in [0.15, 0.2) is 0 Å². The predicted molar refractivity (Wildman–Crippen MR) is 110 cm³/mol. The minimum Gasteiger partial charge on any atom is -0.385 e. The Morgan fingerprint density at radius 3 is 2.45 bits per heavy atom. The largest absolute Gasteiger partial charge is 0.385 e. The summed E-state index contributed by atoms with van der Waals surface area (Å²) < 4.78 is 27.7. The number of rotatable bonds is 8. The number of sulfonamides is 1. The number of aliphatic hydroxyl groups is 1. The van der Waals surface area contributed by atoms with Gasteiger partial charge in [-0.1, -0.05) is 23.8 Å². The average Bonchev–Trinajstić information content (AvgIpc) is 3.19. The van der Waals surface area contributed by atoms with Crippen molar-refractivity contribution < 1.29 is 23.3 Å². The lowest BCUT2D eigenvalue weighted by Crippen LogP contribution is -3.11. The second-order valence-electron chi connectivity index (χ2n) is 7.44. The molecule has 0 bridgehead atoms. The maximum Gasteiger partial charge on any atom is 0.271 e. The fourth-order valence-electron chi connectivity index (χ4n) is 3.61. The predicted octanol–water partition coefficient (Wildman–Crippen LogP) is 1.14. The van der Waals surface area contributed by atoms with Crippen LogP contribution in [-0.4, -0.2) is 50.7 Å². The summed E-state index contributed by atoms with van der Waals surface area (Å²) in [5.74, 6) is 0. The number of anilines is 1. The zero-order valence-electron chi connectivity index (χ0n) is 16.3. The zero-order chi connectivity index (χ0) is 21.0. The van der Waals surface area contributed by atoms with Gasteiger partial charge in [-0.3, -0.25) is 14.4 Å². The first-order chi connectivity index (χ1) is 13.8. The highest BCUT2D eigenvalue weighted by Gasteiger charge is 2.30. The van der Waals surface area contributed by atoms with E-state index in [0.29, 0.717) is 6.54 Å². The van der Waals surface area contributed by atoms with Crippen molar-refractivity contribution in [1.29, 1.82) is 0 Å². The van der Waals surface area contributed by atoms with Crippen molar-refractivity contribution in [3.63, 3.8) is 0 Å². The molecule has 8 nitrogen and oxygen atoms in total. The van der Waals surface area contributed by atoms with Gasteiger partial charge in [0, 0.05) is 25.0 Å². The summed E-state index contributed by atoms with van der Waals surface area (Å²) in [6.07, 6.45) is 1.30. The number of aryl methyl sites for hydroxylation is 1. The first-order valence-corrected chi connectivity index (χ1v) is 11.1. The Hall–Kier alpha value is -2.49. The van der Waals surface area contributed by atoms with Crippen molar-refractivity contribution in [2.24, 2.45) is 0 Å². The molecule has 0 aliphatic carbocycles. The molecule has 0 aromatic heterocycles. The first-order valence-electron chi connectivity index (χ1n) is 9.63.